The summed E-state index contributed by atoms with van der Waals surface area (Å²) in [6.45, 7) is 0. The molecule has 0 spiro atoms. The van der Waals surface area contributed by atoms with E-state index in [2.05, 4.69) is 4.72 Å². The molecule has 1 N–H and O–H groups in total. The molecule has 0 aliphatic carbocycles. The van der Waals surface area contributed by atoms with Crippen LogP contribution in [0.4, 0.5) is 5.69 Å². The third-order valence-electron chi connectivity index (χ3n) is 2.50. The van der Waals surface area contributed by atoms with Crippen LogP contribution in [0.15, 0.2) is 53.4 Å². The Morgan fingerprint density at radius 1 is 1.10 bits per heavy atom. The number of carbonyl (C=O) groups excluding carboxylic acids is 1. The zero-order valence-electron chi connectivity index (χ0n) is 11.0. The Kier molecular flexibility index (Phi) is 6.86. The van der Waals surface area contributed by atoms with Gasteiger partial charge in [-0.2, -0.15) is 0 Å². The Hall–Kier alpha value is -0.414. The Bertz CT molecular complexity index is 764. The standard InChI is InChI=1S/C13H10ClNO4S.K/c14-11-6-1-2-7-12(11)15-20(18,19)10-5-3-4-9(8-10)13(16)17;/h1-8,15H,(H,16,17);/q;+1/p-1. The molecule has 2 aromatic rings. The average molecular weight is 350 g/mol. The van der Waals surface area contributed by atoms with Gasteiger partial charge in [0.1, 0.15) is 0 Å². The fraction of sp³-hybridized carbons (Fsp3) is 0. The topological polar surface area (TPSA) is 86.3 Å². The summed E-state index contributed by atoms with van der Waals surface area (Å²) in [4.78, 5) is 10.6. The fourth-order valence-electron chi connectivity index (χ4n) is 1.54. The molecule has 104 valence electrons. The van der Waals surface area contributed by atoms with Crippen LogP contribution in [0.25, 0.3) is 0 Å². The predicted molar refractivity (Wildman–Crippen MR) is 73.0 cm³/mol. The van der Waals surface area contributed by atoms with E-state index in [4.69, 9.17) is 11.6 Å². The number of carboxylic acids is 1. The first-order valence-electron chi connectivity index (χ1n) is 5.49. The van der Waals surface area contributed by atoms with Gasteiger partial charge in [0.15, 0.2) is 0 Å². The monoisotopic (exact) mass is 349 g/mol. The molecule has 0 aromatic heterocycles. The molecule has 5 nitrogen and oxygen atoms in total. The molecule has 0 unspecified atom stereocenters. The van der Waals surface area contributed by atoms with Crippen molar-refractivity contribution in [2.75, 3.05) is 4.72 Å². The second-order valence-electron chi connectivity index (χ2n) is 3.90. The van der Waals surface area contributed by atoms with Gasteiger partial charge in [-0.1, -0.05) is 35.9 Å². The minimum Gasteiger partial charge on any atom is -0.545 e. The molecule has 21 heavy (non-hydrogen) atoms. The summed E-state index contributed by atoms with van der Waals surface area (Å²) < 4.78 is 26.6. The van der Waals surface area contributed by atoms with E-state index in [0.717, 1.165) is 6.07 Å². The van der Waals surface area contributed by atoms with Crippen molar-refractivity contribution in [2.24, 2.45) is 0 Å². The minimum absolute atomic E-state index is 0. The third-order valence-corrected chi connectivity index (χ3v) is 4.19. The molecule has 0 bridgehead atoms. The van der Waals surface area contributed by atoms with E-state index in [1.54, 1.807) is 12.1 Å². The summed E-state index contributed by atoms with van der Waals surface area (Å²) in [6.07, 6.45) is 0. The number of nitrogens with one attached hydrogen (secondary N) is 1. The Balaban J connectivity index is 0.00000220. The van der Waals surface area contributed by atoms with Crippen molar-refractivity contribution >= 4 is 33.3 Å². The van der Waals surface area contributed by atoms with E-state index in [9.17, 15) is 18.3 Å². The van der Waals surface area contributed by atoms with Gasteiger partial charge in [-0.05, 0) is 29.8 Å². The first kappa shape index (κ1) is 18.6. The molecule has 0 fully saturated rings. The number of benzene rings is 2. The van der Waals surface area contributed by atoms with Crippen molar-refractivity contribution in [3.63, 3.8) is 0 Å². The molecule has 0 saturated carbocycles. The van der Waals surface area contributed by atoms with Gasteiger partial charge in [0, 0.05) is 0 Å². The summed E-state index contributed by atoms with van der Waals surface area (Å²) in [5.74, 6) is -1.44. The Labute approximate surface area is 169 Å². The quantitative estimate of drug-likeness (QED) is 0.681. The van der Waals surface area contributed by atoms with E-state index in [0.29, 0.717) is 0 Å². The maximum absolute atomic E-state index is 12.1. The fourth-order valence-corrected chi connectivity index (χ4v) is 2.90. The zero-order chi connectivity index (χ0) is 14.8. The number of aromatic carboxylic acids is 1. The summed E-state index contributed by atoms with van der Waals surface area (Å²) in [5.41, 5.74) is 0.0000494. The number of carboxylic acid groups (broad SMARTS) is 1. The van der Waals surface area contributed by atoms with Crippen LogP contribution in [-0.4, -0.2) is 14.4 Å². The number of hydrogen-bond donors (Lipinski definition) is 1. The molecule has 0 amide bonds. The predicted octanol–water partition coefficient (Wildman–Crippen LogP) is -1.49. The van der Waals surface area contributed by atoms with Crippen LogP contribution in [0.2, 0.25) is 5.02 Å². The molecule has 0 aliphatic rings. The number of halogens is 1. The van der Waals surface area contributed by atoms with E-state index < -0.39 is 16.0 Å². The number of carbonyl (C=O) groups is 1. The van der Waals surface area contributed by atoms with Gasteiger partial charge in [-0.25, -0.2) is 8.42 Å². The molecule has 0 saturated heterocycles. The van der Waals surface area contributed by atoms with Gasteiger partial charge in [-0.3, -0.25) is 4.72 Å². The number of sulfonamides is 1. The van der Waals surface area contributed by atoms with E-state index in [-0.39, 0.29) is 72.6 Å². The first-order chi connectivity index (χ1) is 9.40. The zero-order valence-corrected chi connectivity index (χ0v) is 15.7. The van der Waals surface area contributed by atoms with Crippen molar-refractivity contribution in [1.82, 2.24) is 0 Å². The van der Waals surface area contributed by atoms with E-state index >= 15 is 0 Å². The average Bonchev–Trinajstić information content (AvgIpc) is 2.41. The number of anilines is 1. The van der Waals surface area contributed by atoms with Crippen LogP contribution in [-0.2, 0) is 10.0 Å². The third kappa shape index (κ3) is 4.78. The molecular weight excluding hydrogens is 341 g/mol. The number of rotatable bonds is 4. The van der Waals surface area contributed by atoms with Crippen LogP contribution in [0.3, 0.4) is 0 Å². The van der Waals surface area contributed by atoms with Crippen molar-refractivity contribution in [1.29, 1.82) is 0 Å². The van der Waals surface area contributed by atoms with E-state index in [1.807, 2.05) is 0 Å². The number of hydrogen-bond acceptors (Lipinski definition) is 4. The summed E-state index contributed by atoms with van der Waals surface area (Å²) in [6, 6.07) is 11.2. The van der Waals surface area contributed by atoms with Gasteiger partial charge in [0.05, 0.1) is 21.6 Å². The van der Waals surface area contributed by atoms with Gasteiger partial charge < -0.3 is 9.90 Å². The molecule has 8 heteroatoms. The molecule has 0 aliphatic heterocycles. The minimum atomic E-state index is -3.92. The second kappa shape index (κ2) is 7.73. The van der Waals surface area contributed by atoms with E-state index in [1.165, 1.54) is 30.3 Å². The maximum atomic E-state index is 12.1. The Morgan fingerprint density at radius 2 is 1.76 bits per heavy atom. The van der Waals surface area contributed by atoms with Gasteiger partial charge in [0.25, 0.3) is 10.0 Å². The van der Waals surface area contributed by atoms with Crippen molar-refractivity contribution in [3.8, 4) is 0 Å². The van der Waals surface area contributed by atoms with Gasteiger partial charge in [0.2, 0.25) is 0 Å². The molecule has 0 heterocycles. The molecule has 0 atom stereocenters. The second-order valence-corrected chi connectivity index (χ2v) is 5.99. The Morgan fingerprint density at radius 3 is 2.38 bits per heavy atom. The smallest absolute Gasteiger partial charge is 0.545 e. The van der Waals surface area contributed by atoms with Gasteiger partial charge in [-0.15, -0.1) is 0 Å². The SMILES string of the molecule is O=C([O-])c1cccc(S(=O)(=O)Nc2ccccc2Cl)c1.[K+]. The normalized spacial score (nSPS) is 10.5. The van der Waals surface area contributed by atoms with Crippen LogP contribution < -0.4 is 61.2 Å². The molecular formula is C13H9ClKNO4S. The molecule has 2 aromatic carbocycles. The van der Waals surface area contributed by atoms with Crippen LogP contribution in [0.5, 0.6) is 0 Å². The van der Waals surface area contributed by atoms with Crippen molar-refractivity contribution in [3.05, 3.63) is 59.1 Å². The summed E-state index contributed by atoms with van der Waals surface area (Å²) in [7, 11) is -3.92. The van der Waals surface area contributed by atoms with Crippen molar-refractivity contribution in [2.45, 2.75) is 4.90 Å². The van der Waals surface area contributed by atoms with Crippen molar-refractivity contribution < 1.29 is 69.7 Å². The summed E-state index contributed by atoms with van der Waals surface area (Å²) in [5, 5.41) is 11.0. The number of para-hydroxylation sites is 1. The summed E-state index contributed by atoms with van der Waals surface area (Å²) >= 11 is 5.87. The molecule has 2 rings (SSSR count). The molecule has 0 radical (unpaired) electrons. The first-order valence-corrected chi connectivity index (χ1v) is 7.35. The van der Waals surface area contributed by atoms with Crippen LogP contribution >= 0.6 is 11.6 Å². The van der Waals surface area contributed by atoms with Crippen LogP contribution in [0, 0.1) is 0 Å². The largest absolute Gasteiger partial charge is 1.00 e. The maximum Gasteiger partial charge on any atom is 1.00 e. The van der Waals surface area contributed by atoms with Crippen LogP contribution in [0.1, 0.15) is 10.4 Å². The van der Waals surface area contributed by atoms with Gasteiger partial charge >= 0.3 is 51.4 Å².